The van der Waals surface area contributed by atoms with Crippen molar-refractivity contribution in [2.75, 3.05) is 61.1 Å². The van der Waals surface area contributed by atoms with Crippen LogP contribution in [0.4, 0.5) is 21.4 Å². The average Bonchev–Trinajstić information content (AvgIpc) is 1.61. The molecule has 4 saturated carbocycles. The third kappa shape index (κ3) is 11.3. The Hall–Kier alpha value is -6.87. The fourth-order valence-corrected chi connectivity index (χ4v) is 16.4. The number of carbonyl (C=O) groups is 5. The number of thiazole rings is 1. The van der Waals surface area contributed by atoms with Crippen molar-refractivity contribution >= 4 is 92.5 Å². The average molecular weight is 1150 g/mol. The van der Waals surface area contributed by atoms with E-state index in [9.17, 15) is 34.2 Å². The van der Waals surface area contributed by atoms with Crippen LogP contribution in [0.25, 0.3) is 15.8 Å². The van der Waals surface area contributed by atoms with Gasteiger partial charge in [-0.1, -0.05) is 55.5 Å². The first-order valence-electron chi connectivity index (χ1n) is 28.5. The molecule has 4 aliphatic carbocycles. The number of carboxylic acid groups (broad SMARTS) is 2. The first-order chi connectivity index (χ1) is 39.2. The van der Waals surface area contributed by atoms with Crippen molar-refractivity contribution in [1.29, 1.82) is 5.41 Å². The minimum Gasteiger partial charge on any atom is -0.481 e. The molecule has 1 aliphatic heterocycles. The first-order valence-corrected chi connectivity index (χ1v) is 29.9. The number of hydrogen-bond acceptors (Lipinski definition) is 15. The summed E-state index contributed by atoms with van der Waals surface area (Å²) in [6.45, 7) is 11.0. The van der Waals surface area contributed by atoms with E-state index in [1.54, 1.807) is 43.1 Å². The molecule has 4 fully saturated rings. The molecular weight excluding hydrogens is 1080 g/mol. The monoisotopic (exact) mass is 1150 g/mol. The highest BCUT2D eigenvalue weighted by molar-refractivity contribution is 7.80. The highest BCUT2D eigenvalue weighted by Crippen LogP contribution is 2.89. The molecule has 6 unspecified atom stereocenters. The van der Waals surface area contributed by atoms with Crippen LogP contribution in [0.2, 0.25) is 0 Å². The number of para-hydroxylation sites is 1. The van der Waals surface area contributed by atoms with Crippen LogP contribution in [-0.4, -0.2) is 118 Å². The number of aromatic carboxylic acids is 1. The Morgan fingerprint density at radius 2 is 1.71 bits per heavy atom. The Labute approximate surface area is 488 Å². The number of pyridine rings is 1. The normalized spacial score (nSPS) is 24.4. The van der Waals surface area contributed by atoms with Crippen molar-refractivity contribution in [3.8, 4) is 0 Å². The van der Waals surface area contributed by atoms with Gasteiger partial charge in [-0.25, -0.2) is 19.6 Å². The zero-order valence-electron chi connectivity index (χ0n) is 47.4. The molecule has 5 aromatic rings. The van der Waals surface area contributed by atoms with Crippen molar-refractivity contribution in [3.63, 3.8) is 0 Å². The number of ether oxygens (including phenoxy) is 2. The highest BCUT2D eigenvalue weighted by atomic mass is 32.1. The second-order valence-corrected chi connectivity index (χ2v) is 25.6. The summed E-state index contributed by atoms with van der Waals surface area (Å²) in [6.07, 6.45) is 8.91. The van der Waals surface area contributed by atoms with Crippen LogP contribution in [0.15, 0.2) is 78.5 Å². The first kappa shape index (κ1) is 58.3. The van der Waals surface area contributed by atoms with Crippen LogP contribution in [0.3, 0.4) is 0 Å². The number of nitrogens with zero attached hydrogens (tertiary/aromatic N) is 4. The maximum atomic E-state index is 13.9. The van der Waals surface area contributed by atoms with E-state index >= 15 is 0 Å². The van der Waals surface area contributed by atoms with Crippen LogP contribution in [-0.2, 0) is 45.1 Å². The van der Waals surface area contributed by atoms with Gasteiger partial charge in [-0.15, -0.1) is 0 Å². The molecule has 3 bridgehead atoms. The van der Waals surface area contributed by atoms with Gasteiger partial charge < -0.3 is 50.8 Å². The van der Waals surface area contributed by atoms with E-state index in [0.29, 0.717) is 110 Å². The molecule has 2 aromatic heterocycles. The number of amides is 3. The molecule has 3 amide bonds. The van der Waals surface area contributed by atoms with Crippen LogP contribution < -0.4 is 26.2 Å². The van der Waals surface area contributed by atoms with E-state index in [1.165, 1.54) is 17.6 Å². The van der Waals surface area contributed by atoms with E-state index in [0.717, 1.165) is 71.0 Å². The van der Waals surface area contributed by atoms with E-state index in [1.807, 2.05) is 60.4 Å². The van der Waals surface area contributed by atoms with Gasteiger partial charge in [-0.3, -0.25) is 19.7 Å². The van der Waals surface area contributed by atoms with Crippen molar-refractivity contribution in [2.45, 2.75) is 123 Å². The number of hydrogen-bond donors (Lipinski definition) is 8. The third-order valence-electron chi connectivity index (χ3n) is 18.7. The topological polar surface area (TPSA) is 248 Å². The summed E-state index contributed by atoms with van der Waals surface area (Å²) in [5.74, 6) is -1.63. The van der Waals surface area contributed by atoms with E-state index in [-0.39, 0.29) is 52.2 Å². The second kappa shape index (κ2) is 23.4. The van der Waals surface area contributed by atoms with Gasteiger partial charge in [-0.05, 0) is 171 Å². The van der Waals surface area contributed by atoms with Crippen molar-refractivity contribution in [3.05, 3.63) is 118 Å². The molecule has 20 heteroatoms. The Morgan fingerprint density at radius 1 is 0.902 bits per heavy atom. The van der Waals surface area contributed by atoms with E-state index in [2.05, 4.69) is 52.7 Å². The Bertz CT molecular complexity index is 3340. The predicted octanol–water partition coefficient (Wildman–Crippen LogP) is 10.2. The molecule has 10 rings (SSSR count). The van der Waals surface area contributed by atoms with Gasteiger partial charge in [-0.2, -0.15) is 12.6 Å². The molecule has 6 atom stereocenters. The summed E-state index contributed by atoms with van der Waals surface area (Å²) in [6, 6.07) is 22.1. The zero-order chi connectivity index (χ0) is 58.2. The number of aromatic nitrogens is 2. The van der Waals surface area contributed by atoms with Crippen LogP contribution >= 0.6 is 24.0 Å². The Kier molecular flexibility index (Phi) is 16.7. The number of nitrogens with one attached hydrogen (secondary N) is 5. The van der Waals surface area contributed by atoms with Crippen LogP contribution in [0.5, 0.6) is 0 Å². The Balaban J connectivity index is 0.803. The molecule has 18 nitrogen and oxygen atoms in total. The lowest BCUT2D eigenvalue weighted by Gasteiger charge is -2.64. The van der Waals surface area contributed by atoms with Crippen molar-refractivity contribution < 1.29 is 43.7 Å². The number of carboxylic acids is 2. The number of carbonyl (C=O) groups excluding carboxylic acids is 3. The molecule has 7 N–H and O–H groups in total. The standard InChI is InChI=1S/C62H75N9O9S2/c1-38(46(28-63)44-19-20-50(68-52(44)55(76)77)71-22-21-40-12-10-13-45(47(40)29-71)54(75)69-56-67-48-14-7-8-15-49(48)82-56)65-37-60-32-58(3)31-59(4)33-61(34-60,36-62(58,59)35-60)80-25-23-70(24-26-81)57(78)79-30-42-17-18-43(66-53(74)39(2)64-5)27-41(42)11-6-9-16-51(72)73/h7-8,10,12-15,17-20,27-28,39,63-65,81H,6,9,11,16,21-26,29-37H2,1-5H3,(H,66,74)(H,72,73)(H,76,77)(H,67,69,75)/b46-38+,63-28?. The van der Waals surface area contributed by atoms with Crippen LogP contribution in [0, 0.1) is 27.1 Å². The van der Waals surface area contributed by atoms with Gasteiger partial charge >= 0.3 is 18.0 Å². The molecule has 1 spiro atoms. The Morgan fingerprint density at radius 3 is 2.46 bits per heavy atom. The highest BCUT2D eigenvalue weighted by Gasteiger charge is 2.84. The number of thiol groups is 1. The second-order valence-electron chi connectivity index (χ2n) is 24.1. The maximum absolute atomic E-state index is 13.9. The van der Waals surface area contributed by atoms with Crippen molar-refractivity contribution in [2.24, 2.45) is 21.7 Å². The molecular formula is C62H75N9O9S2. The number of anilines is 3. The molecule has 0 saturated heterocycles. The van der Waals surface area contributed by atoms with Gasteiger partial charge in [0.15, 0.2) is 10.8 Å². The van der Waals surface area contributed by atoms with Gasteiger partial charge in [0.05, 0.1) is 28.5 Å². The fourth-order valence-electron chi connectivity index (χ4n) is 15.3. The van der Waals surface area contributed by atoms with Gasteiger partial charge in [0.1, 0.15) is 12.4 Å². The summed E-state index contributed by atoms with van der Waals surface area (Å²) in [5.41, 5.74) is 6.55. The molecule has 82 heavy (non-hydrogen) atoms. The van der Waals surface area contributed by atoms with Crippen molar-refractivity contribution in [1.82, 2.24) is 25.5 Å². The van der Waals surface area contributed by atoms with E-state index < -0.39 is 29.7 Å². The summed E-state index contributed by atoms with van der Waals surface area (Å²) >= 11 is 5.91. The van der Waals surface area contributed by atoms with Gasteiger partial charge in [0, 0.05) is 79.2 Å². The maximum Gasteiger partial charge on any atom is 0.410 e. The molecule has 0 radical (unpaired) electrons. The lowest BCUT2D eigenvalue weighted by atomic mass is 9.40. The predicted molar refractivity (Wildman–Crippen MR) is 321 cm³/mol. The number of aliphatic carboxylic acids is 1. The number of fused-ring (bicyclic) bond motifs is 4. The smallest absolute Gasteiger partial charge is 0.410 e. The summed E-state index contributed by atoms with van der Waals surface area (Å²) in [4.78, 5) is 77.6. The lowest BCUT2D eigenvalue weighted by Crippen LogP contribution is -2.57. The summed E-state index contributed by atoms with van der Waals surface area (Å²) in [5, 5.41) is 41.6. The van der Waals surface area contributed by atoms with E-state index in [4.69, 9.17) is 19.9 Å². The fraction of sp³-hybridized carbons (Fsp3) is 0.484. The number of benzene rings is 3. The minimum absolute atomic E-state index is 0.00477. The third-order valence-corrected chi connectivity index (χ3v) is 19.9. The molecule has 3 heterocycles. The zero-order valence-corrected chi connectivity index (χ0v) is 49.1. The number of likely N-dealkylation sites (N-methyl/N-ethyl adjacent to an activating group) is 1. The van der Waals surface area contributed by atoms with Gasteiger partial charge in [0.25, 0.3) is 5.91 Å². The molecule has 434 valence electrons. The number of allylic oxidation sites excluding steroid dienone is 2. The number of rotatable bonds is 25. The largest absolute Gasteiger partial charge is 0.481 e. The number of unbranched alkanes of at least 4 members (excludes halogenated alkanes) is 1. The number of aryl methyl sites for hydroxylation is 1. The molecule has 5 aliphatic rings. The molecule has 3 aromatic carbocycles. The summed E-state index contributed by atoms with van der Waals surface area (Å²) < 4.78 is 14.0. The lowest BCUT2D eigenvalue weighted by molar-refractivity contribution is -0.158. The van der Waals surface area contributed by atoms with Crippen LogP contribution in [0.1, 0.15) is 134 Å². The SMILES string of the molecule is CNC(C)C(=O)Nc1ccc(COC(=O)N(CCS)CCOC23CC4(CN/C(C)=C(\C=N)c5ccc(N6CCc7cccc(C(=O)Nc8nc9ccccc9s8)c7C6)nc5C(=O)O)CC5(C)CC(C)(C2)C5(C4)C3)c(CCCCC(=O)O)c1. The summed E-state index contributed by atoms with van der Waals surface area (Å²) in [7, 11) is 1.71. The van der Waals surface area contributed by atoms with Gasteiger partial charge in [0.2, 0.25) is 5.91 Å². The quantitative estimate of drug-likeness (QED) is 0.0154. The minimum atomic E-state index is -1.21.